The van der Waals surface area contributed by atoms with Crippen LogP contribution in [0.5, 0.6) is 0 Å². The quantitative estimate of drug-likeness (QED) is 0.137. The molecule has 0 atom stereocenters. The van der Waals surface area contributed by atoms with Crippen LogP contribution in [-0.2, 0) is 10.8 Å². The first-order chi connectivity index (χ1) is 41.7. The van der Waals surface area contributed by atoms with Gasteiger partial charge in [0.05, 0.1) is 21.9 Å². The normalized spacial score (nSPS) is 13.4. The van der Waals surface area contributed by atoms with Gasteiger partial charge in [-0.2, -0.15) is 0 Å². The van der Waals surface area contributed by atoms with Crippen LogP contribution in [0.3, 0.4) is 0 Å². The Morgan fingerprint density at radius 3 is 1.30 bits per heavy atom. The SMILES string of the molecule is c1ccc(C2(c3ccccc3)c3ccccc3-c3cc(N(c4cccc(N(c5ccc6c(c5)C(c5ccccc5)(c5ccccc5)c5ccccc5-6)c5cccc6oc7ccccc7c56)c4)c4ccc5c(c4)oc4ccccc45)ccc32)cc1. The first-order valence-electron chi connectivity index (χ1n) is 28.9. The molecular formula is C80H52N2O2. The maximum absolute atomic E-state index is 6.70. The number of furan rings is 2. The van der Waals surface area contributed by atoms with Gasteiger partial charge in [-0.1, -0.05) is 231 Å². The Balaban J connectivity index is 0.915. The zero-order chi connectivity index (χ0) is 55.3. The second-order valence-corrected chi connectivity index (χ2v) is 22.2. The van der Waals surface area contributed by atoms with Gasteiger partial charge in [0, 0.05) is 50.7 Å². The summed E-state index contributed by atoms with van der Waals surface area (Å²) >= 11 is 0. The van der Waals surface area contributed by atoms with Crippen LogP contribution in [-0.4, -0.2) is 0 Å². The lowest BCUT2D eigenvalue weighted by Crippen LogP contribution is -2.28. The molecule has 0 N–H and O–H groups in total. The lowest BCUT2D eigenvalue weighted by molar-refractivity contribution is 0.668. The van der Waals surface area contributed by atoms with Crippen molar-refractivity contribution in [2.75, 3.05) is 9.80 Å². The van der Waals surface area contributed by atoms with Gasteiger partial charge in [-0.05, 0) is 146 Å². The molecule has 0 aliphatic heterocycles. The summed E-state index contributed by atoms with van der Waals surface area (Å²) in [7, 11) is 0. The van der Waals surface area contributed by atoms with Gasteiger partial charge in [-0.15, -0.1) is 0 Å². The smallest absolute Gasteiger partial charge is 0.137 e. The van der Waals surface area contributed by atoms with Crippen molar-refractivity contribution >= 4 is 78.0 Å². The molecule has 15 aromatic rings. The molecule has 0 fully saturated rings. The highest BCUT2D eigenvalue weighted by Crippen LogP contribution is 2.60. The predicted molar refractivity (Wildman–Crippen MR) is 345 cm³/mol. The molecule has 2 aliphatic rings. The minimum Gasteiger partial charge on any atom is -0.456 e. The van der Waals surface area contributed by atoms with Crippen LogP contribution < -0.4 is 9.80 Å². The summed E-state index contributed by atoms with van der Waals surface area (Å²) in [6.07, 6.45) is 0. The molecule has 0 spiro atoms. The van der Waals surface area contributed by atoms with E-state index < -0.39 is 10.8 Å². The van der Waals surface area contributed by atoms with Crippen molar-refractivity contribution in [3.05, 3.63) is 360 Å². The molecular weight excluding hydrogens is 1020 g/mol. The van der Waals surface area contributed by atoms with E-state index in [1.165, 1.54) is 66.8 Å². The second kappa shape index (κ2) is 18.8. The summed E-state index contributed by atoms with van der Waals surface area (Å²) in [6, 6.07) is 115. The van der Waals surface area contributed by atoms with E-state index in [4.69, 9.17) is 8.83 Å². The fourth-order valence-corrected chi connectivity index (χ4v) is 14.6. The molecule has 0 saturated heterocycles. The molecule has 0 unspecified atom stereocenters. The summed E-state index contributed by atoms with van der Waals surface area (Å²) in [5.41, 5.74) is 23.0. The van der Waals surface area contributed by atoms with Gasteiger partial charge in [-0.25, -0.2) is 0 Å². The number of rotatable bonds is 10. The topological polar surface area (TPSA) is 32.8 Å². The first kappa shape index (κ1) is 47.8. The van der Waals surface area contributed by atoms with Crippen LogP contribution in [0.4, 0.5) is 34.1 Å². The van der Waals surface area contributed by atoms with Crippen molar-refractivity contribution in [2.24, 2.45) is 0 Å². The first-order valence-corrected chi connectivity index (χ1v) is 28.9. The van der Waals surface area contributed by atoms with Crippen LogP contribution in [0.1, 0.15) is 44.5 Å². The Hall–Kier alpha value is -10.9. The highest BCUT2D eigenvalue weighted by atomic mass is 16.3. The molecule has 0 bridgehead atoms. The monoisotopic (exact) mass is 1070 g/mol. The molecule has 2 heterocycles. The van der Waals surface area contributed by atoms with E-state index in [2.05, 4.69) is 319 Å². The molecule has 0 saturated carbocycles. The Morgan fingerprint density at radius 1 is 0.226 bits per heavy atom. The fourth-order valence-electron chi connectivity index (χ4n) is 14.6. The molecule has 17 rings (SSSR count). The van der Waals surface area contributed by atoms with Gasteiger partial charge in [0.1, 0.15) is 22.3 Å². The Morgan fingerprint density at radius 2 is 0.643 bits per heavy atom. The summed E-state index contributed by atoms with van der Waals surface area (Å²) in [6.45, 7) is 0. The van der Waals surface area contributed by atoms with E-state index in [0.29, 0.717) is 0 Å². The van der Waals surface area contributed by atoms with E-state index in [-0.39, 0.29) is 0 Å². The van der Waals surface area contributed by atoms with Gasteiger partial charge < -0.3 is 18.6 Å². The minimum absolute atomic E-state index is 0.542. The number of hydrogen-bond donors (Lipinski definition) is 0. The zero-order valence-corrected chi connectivity index (χ0v) is 45.7. The average Bonchev–Trinajstić information content (AvgIpc) is 1.69. The van der Waals surface area contributed by atoms with Crippen molar-refractivity contribution in [1.82, 2.24) is 0 Å². The van der Waals surface area contributed by atoms with Crippen LogP contribution in [0.2, 0.25) is 0 Å². The number of para-hydroxylation sites is 2. The molecule has 394 valence electrons. The van der Waals surface area contributed by atoms with E-state index in [0.717, 1.165) is 78.0 Å². The van der Waals surface area contributed by atoms with Gasteiger partial charge in [0.2, 0.25) is 0 Å². The Bertz CT molecular complexity index is 4960. The maximum atomic E-state index is 6.70. The van der Waals surface area contributed by atoms with Crippen molar-refractivity contribution in [3.8, 4) is 22.3 Å². The van der Waals surface area contributed by atoms with Gasteiger partial charge in [-0.3, -0.25) is 0 Å². The molecule has 4 nitrogen and oxygen atoms in total. The largest absolute Gasteiger partial charge is 0.456 e. The second-order valence-electron chi connectivity index (χ2n) is 22.2. The number of anilines is 6. The van der Waals surface area contributed by atoms with E-state index in [1.54, 1.807) is 0 Å². The number of fused-ring (bicyclic) bond motifs is 12. The van der Waals surface area contributed by atoms with Crippen molar-refractivity contribution < 1.29 is 8.83 Å². The Labute approximate surface area is 487 Å². The molecule has 0 radical (unpaired) electrons. The molecule has 13 aromatic carbocycles. The number of hydrogen-bond acceptors (Lipinski definition) is 4. The highest BCUT2D eigenvalue weighted by Gasteiger charge is 2.48. The molecule has 4 heteroatoms. The van der Waals surface area contributed by atoms with E-state index in [9.17, 15) is 0 Å². The summed E-state index contributed by atoms with van der Waals surface area (Å²) < 4.78 is 13.4. The minimum atomic E-state index is -0.608. The molecule has 0 amide bonds. The van der Waals surface area contributed by atoms with Crippen LogP contribution >= 0.6 is 0 Å². The van der Waals surface area contributed by atoms with Crippen LogP contribution in [0, 0.1) is 0 Å². The van der Waals surface area contributed by atoms with Crippen molar-refractivity contribution in [1.29, 1.82) is 0 Å². The summed E-state index contributed by atoms with van der Waals surface area (Å²) in [5.74, 6) is 0. The third-order valence-corrected chi connectivity index (χ3v) is 18.0. The number of nitrogens with zero attached hydrogens (tertiary/aromatic N) is 2. The third-order valence-electron chi connectivity index (χ3n) is 18.0. The molecule has 84 heavy (non-hydrogen) atoms. The van der Waals surface area contributed by atoms with Crippen LogP contribution in [0.25, 0.3) is 66.1 Å². The lowest BCUT2D eigenvalue weighted by atomic mass is 9.67. The van der Waals surface area contributed by atoms with Gasteiger partial charge in [0.25, 0.3) is 0 Å². The fraction of sp³-hybridized carbons (Fsp3) is 0.0250. The standard InChI is InChI=1S/C80H52N2O2/c1-5-23-53(24-6-1)79(54-25-7-2-8-26-54)70-38-18-14-34-63(70)68-50-59(45-48-71(68)79)81(61-44-47-66-65-35-15-19-40-74(65)84-77(66)52-61)57-31-21-32-58(49-57)82(73-39-22-42-76-78(73)67-36-16-20-41-75(67)83-76)60-43-46-64-62-33-13-17-37-69(62)80(72(64)51-60,55-27-9-3-10-28-55)56-29-11-4-12-30-56/h1-52H. The average molecular weight is 1070 g/mol. The van der Waals surface area contributed by atoms with Crippen LogP contribution in [0.15, 0.2) is 324 Å². The third kappa shape index (κ3) is 6.95. The molecule has 2 aliphatic carbocycles. The van der Waals surface area contributed by atoms with E-state index in [1.807, 2.05) is 6.07 Å². The number of benzene rings is 13. The van der Waals surface area contributed by atoms with Crippen molar-refractivity contribution in [3.63, 3.8) is 0 Å². The van der Waals surface area contributed by atoms with E-state index >= 15 is 0 Å². The van der Waals surface area contributed by atoms with Gasteiger partial charge >= 0.3 is 0 Å². The highest BCUT2D eigenvalue weighted by molar-refractivity contribution is 6.14. The summed E-state index contributed by atoms with van der Waals surface area (Å²) in [4.78, 5) is 4.86. The summed E-state index contributed by atoms with van der Waals surface area (Å²) in [5, 5.41) is 4.28. The van der Waals surface area contributed by atoms with Crippen molar-refractivity contribution in [2.45, 2.75) is 10.8 Å². The van der Waals surface area contributed by atoms with Gasteiger partial charge in [0.15, 0.2) is 0 Å². The predicted octanol–water partition coefficient (Wildman–Crippen LogP) is 21.2. The lowest BCUT2D eigenvalue weighted by Gasteiger charge is -2.35. The zero-order valence-electron chi connectivity index (χ0n) is 45.7. The maximum Gasteiger partial charge on any atom is 0.137 e. The molecule has 2 aromatic heterocycles. The Kier molecular flexibility index (Phi) is 10.7.